The quantitative estimate of drug-likeness (QED) is 0.559. The van der Waals surface area contributed by atoms with Crippen LogP contribution in [-0.4, -0.2) is 70.3 Å². The lowest BCUT2D eigenvalue weighted by Crippen LogP contribution is -2.60. The maximum absolute atomic E-state index is 14.0. The summed E-state index contributed by atoms with van der Waals surface area (Å²) in [6.07, 6.45) is 5.70. The Kier molecular flexibility index (Phi) is 6.55. The third kappa shape index (κ3) is 3.59. The second-order valence-corrected chi connectivity index (χ2v) is 11.0. The van der Waals surface area contributed by atoms with Gasteiger partial charge in [0.25, 0.3) is 0 Å². The van der Waals surface area contributed by atoms with E-state index in [9.17, 15) is 19.5 Å². The van der Waals surface area contributed by atoms with Gasteiger partial charge in [0, 0.05) is 6.04 Å². The van der Waals surface area contributed by atoms with Gasteiger partial charge in [-0.1, -0.05) is 40.0 Å². The van der Waals surface area contributed by atoms with Crippen molar-refractivity contribution in [3.63, 3.8) is 0 Å². The van der Waals surface area contributed by atoms with Crippen LogP contribution < -0.4 is 5.32 Å². The first kappa shape index (κ1) is 24.5. The van der Waals surface area contributed by atoms with Gasteiger partial charge in [0.1, 0.15) is 17.6 Å². The minimum absolute atomic E-state index is 0.0208. The fourth-order valence-corrected chi connectivity index (χ4v) is 7.07. The molecule has 2 N–H and O–H groups in total. The summed E-state index contributed by atoms with van der Waals surface area (Å²) < 4.78 is 12.0. The van der Waals surface area contributed by atoms with Crippen LogP contribution in [0.2, 0.25) is 0 Å². The summed E-state index contributed by atoms with van der Waals surface area (Å²) in [7, 11) is 0. The van der Waals surface area contributed by atoms with Crippen molar-refractivity contribution in [2.75, 3.05) is 13.2 Å². The van der Waals surface area contributed by atoms with E-state index in [2.05, 4.69) is 5.32 Å². The van der Waals surface area contributed by atoms with Crippen LogP contribution in [0.25, 0.3) is 0 Å². The van der Waals surface area contributed by atoms with Crippen molar-refractivity contribution < 1.29 is 29.0 Å². The highest BCUT2D eigenvalue weighted by Gasteiger charge is 2.80. The normalized spacial score (nSPS) is 39.1. The lowest BCUT2D eigenvalue weighted by Gasteiger charge is -2.39. The lowest BCUT2D eigenvalue weighted by molar-refractivity contribution is -0.162. The molecule has 3 heterocycles. The number of likely N-dealkylation sites (tertiary alicyclic amines) is 1. The van der Waals surface area contributed by atoms with Crippen LogP contribution in [0.5, 0.6) is 0 Å². The van der Waals surface area contributed by atoms with E-state index in [1.807, 2.05) is 27.7 Å². The van der Waals surface area contributed by atoms with Crippen LogP contribution in [0, 0.1) is 23.7 Å². The molecule has 2 amide bonds. The first-order chi connectivity index (χ1) is 15.6. The number of aliphatic hydroxyl groups is 1. The molecule has 0 aromatic carbocycles. The van der Waals surface area contributed by atoms with Gasteiger partial charge in [0.15, 0.2) is 0 Å². The zero-order chi connectivity index (χ0) is 24.1. The average molecular weight is 465 g/mol. The zero-order valence-electron chi connectivity index (χ0n) is 20.6. The molecule has 0 aromatic rings. The van der Waals surface area contributed by atoms with E-state index in [1.54, 1.807) is 11.8 Å². The zero-order valence-corrected chi connectivity index (χ0v) is 20.6. The number of hydrogen-bond acceptors (Lipinski definition) is 6. The highest BCUT2D eigenvalue weighted by Crippen LogP contribution is 2.65. The molecule has 1 saturated carbocycles. The summed E-state index contributed by atoms with van der Waals surface area (Å²) in [6.45, 7) is 9.47. The smallest absolute Gasteiger partial charge is 0.312 e. The summed E-state index contributed by atoms with van der Waals surface area (Å²) in [5.41, 5.74) is -1.96. The van der Waals surface area contributed by atoms with Crippen LogP contribution in [-0.2, 0) is 23.9 Å². The Labute approximate surface area is 196 Å². The lowest BCUT2D eigenvalue weighted by atomic mass is 9.62. The van der Waals surface area contributed by atoms with Gasteiger partial charge in [-0.2, -0.15) is 0 Å². The Morgan fingerprint density at radius 1 is 1.27 bits per heavy atom. The van der Waals surface area contributed by atoms with Gasteiger partial charge >= 0.3 is 5.97 Å². The maximum Gasteiger partial charge on any atom is 0.312 e. The SMILES string of the molecule is CCOC(=O)[C@H]1[C@H]2C(=O)N([C@@H](CO)C(C)C)C(C(=O)NC3CCCCC3)C23CC(C)[C@]1(C)O3. The number of esters is 1. The number of amides is 2. The van der Waals surface area contributed by atoms with Crippen LogP contribution in [0.3, 0.4) is 0 Å². The van der Waals surface area contributed by atoms with E-state index in [1.165, 1.54) is 6.42 Å². The van der Waals surface area contributed by atoms with Gasteiger partial charge in [-0.25, -0.2) is 0 Å². The number of ether oxygens (including phenoxy) is 2. The molecule has 33 heavy (non-hydrogen) atoms. The number of rotatable bonds is 7. The van der Waals surface area contributed by atoms with Crippen LogP contribution >= 0.6 is 0 Å². The topological polar surface area (TPSA) is 105 Å². The number of nitrogens with zero attached hydrogens (tertiary/aromatic N) is 1. The average Bonchev–Trinajstić information content (AvgIpc) is 3.27. The molecule has 0 aromatic heterocycles. The van der Waals surface area contributed by atoms with Gasteiger partial charge in [-0.3, -0.25) is 14.4 Å². The largest absolute Gasteiger partial charge is 0.466 e. The van der Waals surface area contributed by atoms with E-state index in [-0.39, 0.29) is 42.9 Å². The molecule has 0 radical (unpaired) electrons. The second-order valence-electron chi connectivity index (χ2n) is 11.0. The summed E-state index contributed by atoms with van der Waals surface area (Å²) in [5, 5.41) is 13.4. The van der Waals surface area contributed by atoms with Crippen molar-refractivity contribution in [1.29, 1.82) is 0 Å². The molecule has 3 aliphatic heterocycles. The van der Waals surface area contributed by atoms with Crippen LogP contribution in [0.15, 0.2) is 0 Å². The molecule has 8 nitrogen and oxygen atoms in total. The molecule has 2 bridgehead atoms. The molecule has 3 saturated heterocycles. The molecular weight excluding hydrogens is 424 g/mol. The second kappa shape index (κ2) is 8.84. The van der Waals surface area contributed by atoms with Crippen molar-refractivity contribution in [2.45, 2.75) is 102 Å². The molecule has 186 valence electrons. The van der Waals surface area contributed by atoms with Gasteiger partial charge in [0.2, 0.25) is 11.8 Å². The first-order valence-corrected chi connectivity index (χ1v) is 12.7. The fourth-order valence-electron chi connectivity index (χ4n) is 7.07. The monoisotopic (exact) mass is 464 g/mol. The van der Waals surface area contributed by atoms with Crippen molar-refractivity contribution >= 4 is 17.8 Å². The fraction of sp³-hybridized carbons (Fsp3) is 0.880. The summed E-state index contributed by atoms with van der Waals surface area (Å²) >= 11 is 0. The third-order valence-electron chi connectivity index (χ3n) is 8.81. The molecule has 1 aliphatic carbocycles. The summed E-state index contributed by atoms with van der Waals surface area (Å²) in [4.78, 5) is 42.5. The number of carbonyl (C=O) groups is 3. The Bertz CT molecular complexity index is 796. The van der Waals surface area contributed by atoms with Crippen molar-refractivity contribution in [3.05, 3.63) is 0 Å². The van der Waals surface area contributed by atoms with E-state index >= 15 is 0 Å². The Morgan fingerprint density at radius 3 is 2.52 bits per heavy atom. The highest BCUT2D eigenvalue weighted by molar-refractivity contribution is 5.98. The standard InChI is InChI=1S/C25H40N2O6/c1-6-32-23(31)19-18-22(30)27(17(13-28)14(2)3)20(21(29)26-16-10-8-7-9-11-16)25(18)12-15(4)24(19,5)33-25/h14-20,28H,6-13H2,1-5H3,(H,26,29)/t15?,17-,18-,19+,20?,24-,25?/m0/s1. The van der Waals surface area contributed by atoms with Crippen molar-refractivity contribution in [1.82, 2.24) is 10.2 Å². The number of fused-ring (bicyclic) bond motifs is 1. The number of hydrogen-bond donors (Lipinski definition) is 2. The van der Waals surface area contributed by atoms with Crippen molar-refractivity contribution in [2.24, 2.45) is 23.7 Å². The molecule has 4 aliphatic rings. The predicted octanol–water partition coefficient (Wildman–Crippen LogP) is 2.03. The number of carbonyl (C=O) groups excluding carboxylic acids is 3. The molecule has 7 atom stereocenters. The molecular formula is C25H40N2O6. The molecule has 1 spiro atoms. The third-order valence-corrected chi connectivity index (χ3v) is 8.81. The van der Waals surface area contributed by atoms with Gasteiger partial charge in [0.05, 0.1) is 30.8 Å². The summed E-state index contributed by atoms with van der Waals surface area (Å²) in [5.74, 6) is -2.58. The predicted molar refractivity (Wildman–Crippen MR) is 121 cm³/mol. The number of aliphatic hydroxyl groups excluding tert-OH is 1. The Balaban J connectivity index is 1.77. The first-order valence-electron chi connectivity index (χ1n) is 12.7. The molecule has 3 unspecified atom stereocenters. The van der Waals surface area contributed by atoms with Crippen LogP contribution in [0.1, 0.15) is 73.1 Å². The molecule has 8 heteroatoms. The minimum Gasteiger partial charge on any atom is -0.466 e. The highest BCUT2D eigenvalue weighted by atomic mass is 16.6. The van der Waals surface area contributed by atoms with Crippen molar-refractivity contribution in [3.8, 4) is 0 Å². The van der Waals surface area contributed by atoms with E-state index in [0.717, 1.165) is 25.7 Å². The number of nitrogens with one attached hydrogen (secondary N) is 1. The van der Waals surface area contributed by atoms with E-state index in [0.29, 0.717) is 6.42 Å². The Morgan fingerprint density at radius 2 is 1.94 bits per heavy atom. The van der Waals surface area contributed by atoms with Gasteiger partial charge in [-0.15, -0.1) is 0 Å². The minimum atomic E-state index is -1.09. The summed E-state index contributed by atoms with van der Waals surface area (Å²) in [6, 6.07) is -1.33. The van der Waals surface area contributed by atoms with Crippen LogP contribution in [0.4, 0.5) is 0 Å². The molecule has 4 rings (SSSR count). The van der Waals surface area contributed by atoms with Gasteiger partial charge in [-0.05, 0) is 44.9 Å². The van der Waals surface area contributed by atoms with E-state index < -0.39 is 41.1 Å². The molecule has 4 fully saturated rings. The maximum atomic E-state index is 14.0. The van der Waals surface area contributed by atoms with E-state index in [4.69, 9.17) is 9.47 Å². The van der Waals surface area contributed by atoms with Gasteiger partial charge < -0.3 is 24.8 Å². The Hall–Kier alpha value is -1.67.